The molecule has 30 heavy (non-hydrogen) atoms. The second-order valence-electron chi connectivity index (χ2n) is 7.43. The van der Waals surface area contributed by atoms with Gasteiger partial charge in [-0.3, -0.25) is 4.99 Å². The number of thioether (sulfide) groups is 1. The topological polar surface area (TPSA) is 54.2 Å². The van der Waals surface area contributed by atoms with E-state index in [0.717, 1.165) is 25.6 Å². The lowest BCUT2D eigenvalue weighted by Crippen LogP contribution is -2.40. The monoisotopic (exact) mass is 533 g/mol. The number of guanidine groups is 1. The molecule has 2 N–H and O–H groups in total. The van der Waals surface area contributed by atoms with Gasteiger partial charge in [0.1, 0.15) is 0 Å². The first-order valence-corrected chi connectivity index (χ1v) is 10.8. The van der Waals surface area contributed by atoms with Crippen molar-refractivity contribution in [3.8, 4) is 0 Å². The van der Waals surface area contributed by atoms with Gasteiger partial charge in [0.05, 0.1) is 6.33 Å². The Morgan fingerprint density at radius 3 is 2.43 bits per heavy atom. The number of benzene rings is 2. The molecule has 5 nitrogen and oxygen atoms in total. The molecule has 0 unspecified atom stereocenters. The minimum atomic E-state index is 0. The van der Waals surface area contributed by atoms with Gasteiger partial charge in [0, 0.05) is 48.7 Å². The van der Waals surface area contributed by atoms with Crippen molar-refractivity contribution in [1.82, 2.24) is 20.2 Å². The molecular formula is C23H28IN5S. The van der Waals surface area contributed by atoms with Crippen molar-refractivity contribution in [1.29, 1.82) is 0 Å². The molecule has 4 rings (SSSR count). The molecule has 0 atom stereocenters. The van der Waals surface area contributed by atoms with E-state index >= 15 is 0 Å². The molecular weight excluding hydrogens is 505 g/mol. The Morgan fingerprint density at radius 2 is 1.80 bits per heavy atom. The molecule has 0 saturated heterocycles. The van der Waals surface area contributed by atoms with E-state index in [2.05, 4.69) is 79.8 Å². The van der Waals surface area contributed by atoms with Crippen LogP contribution in [0.15, 0.2) is 83.2 Å². The second-order valence-corrected chi connectivity index (χ2v) is 8.97. The van der Waals surface area contributed by atoms with Crippen molar-refractivity contribution in [2.24, 2.45) is 4.99 Å². The first-order chi connectivity index (χ1) is 14.2. The predicted molar refractivity (Wildman–Crippen MR) is 136 cm³/mol. The quantitative estimate of drug-likeness (QED) is 0.254. The molecule has 0 radical (unpaired) electrons. The molecule has 0 bridgehead atoms. The summed E-state index contributed by atoms with van der Waals surface area (Å²) in [4.78, 5) is 9.81. The molecule has 1 heterocycles. The molecule has 7 heteroatoms. The van der Waals surface area contributed by atoms with Crippen molar-refractivity contribution < 1.29 is 0 Å². The van der Waals surface area contributed by atoms with Crippen LogP contribution in [0, 0.1) is 0 Å². The maximum absolute atomic E-state index is 4.38. The second kappa shape index (κ2) is 10.9. The molecule has 1 fully saturated rings. The van der Waals surface area contributed by atoms with Crippen LogP contribution in [0.5, 0.6) is 0 Å². The summed E-state index contributed by atoms with van der Waals surface area (Å²) in [6, 6.07) is 19.3. The summed E-state index contributed by atoms with van der Waals surface area (Å²) in [5, 5.41) is 6.94. The van der Waals surface area contributed by atoms with Crippen LogP contribution in [0.25, 0.3) is 0 Å². The number of halogens is 1. The molecule has 0 spiro atoms. The minimum Gasteiger partial charge on any atom is -0.355 e. The average Bonchev–Trinajstić information content (AvgIpc) is 3.32. The zero-order valence-electron chi connectivity index (χ0n) is 17.1. The highest BCUT2D eigenvalue weighted by atomic mass is 127. The molecule has 158 valence electrons. The third kappa shape index (κ3) is 6.50. The Kier molecular flexibility index (Phi) is 8.21. The van der Waals surface area contributed by atoms with Gasteiger partial charge in [-0.05, 0) is 36.1 Å². The molecule has 0 aliphatic heterocycles. The lowest BCUT2D eigenvalue weighted by Gasteiger charge is -2.18. The molecule has 3 aromatic rings. The van der Waals surface area contributed by atoms with E-state index < -0.39 is 0 Å². The Labute approximate surface area is 199 Å². The Morgan fingerprint density at radius 1 is 1.07 bits per heavy atom. The normalized spacial score (nSPS) is 14.6. The van der Waals surface area contributed by atoms with E-state index in [1.807, 2.05) is 31.3 Å². The van der Waals surface area contributed by atoms with Crippen LogP contribution in [-0.4, -0.2) is 33.9 Å². The number of aliphatic imine (C=N–C) groups is 1. The average molecular weight is 533 g/mol. The third-order valence-electron chi connectivity index (χ3n) is 5.09. The molecule has 1 aliphatic carbocycles. The van der Waals surface area contributed by atoms with E-state index in [1.54, 1.807) is 6.20 Å². The van der Waals surface area contributed by atoms with Gasteiger partial charge in [-0.2, -0.15) is 0 Å². The first kappa shape index (κ1) is 22.7. The molecule has 1 aromatic heterocycles. The lowest BCUT2D eigenvalue weighted by atomic mass is 10.1. The Balaban J connectivity index is 0.00000256. The number of imidazole rings is 1. The zero-order chi connectivity index (χ0) is 19.9. The van der Waals surface area contributed by atoms with Gasteiger partial charge >= 0.3 is 0 Å². The summed E-state index contributed by atoms with van der Waals surface area (Å²) in [7, 11) is 1.83. The number of aromatic nitrogens is 2. The van der Waals surface area contributed by atoms with Gasteiger partial charge in [0.2, 0.25) is 0 Å². The van der Waals surface area contributed by atoms with E-state index in [-0.39, 0.29) is 24.0 Å². The summed E-state index contributed by atoms with van der Waals surface area (Å²) >= 11 is 1.98. The summed E-state index contributed by atoms with van der Waals surface area (Å²) in [5.41, 5.74) is 2.50. The number of nitrogens with zero attached hydrogens (tertiary/aromatic N) is 3. The highest BCUT2D eigenvalue weighted by Gasteiger charge is 2.43. The standard InChI is InChI=1S/C23H27N5S.HI/c1-24-22(27-17-23(11-12-23)29-21-5-3-2-4-6-21)26-15-19-7-9-20(10-8-19)16-28-14-13-25-18-28;/h2-10,13-14,18H,11-12,15-17H2,1H3,(H2,24,26,27);1H. The molecule has 0 amide bonds. The summed E-state index contributed by atoms with van der Waals surface area (Å²) < 4.78 is 2.37. The number of nitrogens with one attached hydrogen (secondary N) is 2. The summed E-state index contributed by atoms with van der Waals surface area (Å²) in [5.74, 6) is 0.854. The van der Waals surface area contributed by atoms with Gasteiger partial charge < -0.3 is 15.2 Å². The van der Waals surface area contributed by atoms with Crippen LogP contribution in [0.3, 0.4) is 0 Å². The van der Waals surface area contributed by atoms with Crippen molar-refractivity contribution >= 4 is 41.7 Å². The van der Waals surface area contributed by atoms with E-state index in [4.69, 9.17) is 0 Å². The van der Waals surface area contributed by atoms with Crippen molar-refractivity contribution in [2.45, 2.75) is 35.6 Å². The highest BCUT2D eigenvalue weighted by Crippen LogP contribution is 2.51. The summed E-state index contributed by atoms with van der Waals surface area (Å²) in [6.07, 6.45) is 8.12. The van der Waals surface area contributed by atoms with Crippen molar-refractivity contribution in [3.63, 3.8) is 0 Å². The Bertz CT molecular complexity index is 922. The minimum absolute atomic E-state index is 0. The number of hydrogen-bond acceptors (Lipinski definition) is 3. The van der Waals surface area contributed by atoms with E-state index in [0.29, 0.717) is 4.75 Å². The van der Waals surface area contributed by atoms with Crippen LogP contribution >= 0.6 is 35.7 Å². The summed E-state index contributed by atoms with van der Waals surface area (Å²) in [6.45, 7) is 2.53. The zero-order valence-corrected chi connectivity index (χ0v) is 20.3. The maximum atomic E-state index is 4.38. The molecule has 2 aromatic carbocycles. The number of hydrogen-bond donors (Lipinski definition) is 2. The van der Waals surface area contributed by atoms with Crippen LogP contribution in [0.2, 0.25) is 0 Å². The van der Waals surface area contributed by atoms with Crippen LogP contribution < -0.4 is 10.6 Å². The maximum Gasteiger partial charge on any atom is 0.191 e. The smallest absolute Gasteiger partial charge is 0.191 e. The fourth-order valence-electron chi connectivity index (χ4n) is 3.20. The largest absolute Gasteiger partial charge is 0.355 e. The van der Waals surface area contributed by atoms with E-state index in [9.17, 15) is 0 Å². The van der Waals surface area contributed by atoms with Gasteiger partial charge in [-0.25, -0.2) is 4.98 Å². The fourth-order valence-corrected chi connectivity index (χ4v) is 4.44. The predicted octanol–water partition coefficient (Wildman–Crippen LogP) is 4.54. The Hall–Kier alpha value is -2.00. The van der Waals surface area contributed by atoms with Gasteiger partial charge in [0.15, 0.2) is 5.96 Å². The van der Waals surface area contributed by atoms with Crippen LogP contribution in [0.4, 0.5) is 0 Å². The van der Waals surface area contributed by atoms with Gasteiger partial charge in [0.25, 0.3) is 0 Å². The van der Waals surface area contributed by atoms with Crippen LogP contribution in [-0.2, 0) is 13.1 Å². The van der Waals surface area contributed by atoms with Crippen molar-refractivity contribution in [2.75, 3.05) is 13.6 Å². The van der Waals surface area contributed by atoms with Crippen molar-refractivity contribution in [3.05, 3.63) is 84.4 Å². The first-order valence-electron chi connectivity index (χ1n) is 9.97. The van der Waals surface area contributed by atoms with Gasteiger partial charge in [-0.1, -0.05) is 42.5 Å². The molecule has 1 saturated carbocycles. The highest BCUT2D eigenvalue weighted by molar-refractivity contribution is 14.0. The number of rotatable bonds is 8. The van der Waals surface area contributed by atoms with Crippen LogP contribution in [0.1, 0.15) is 24.0 Å². The van der Waals surface area contributed by atoms with Gasteiger partial charge in [-0.15, -0.1) is 35.7 Å². The lowest BCUT2D eigenvalue weighted by molar-refractivity contribution is 0.765. The molecule has 1 aliphatic rings. The SMILES string of the molecule is CN=C(NCc1ccc(Cn2ccnc2)cc1)NCC1(Sc2ccccc2)CC1.I. The van der Waals surface area contributed by atoms with E-state index in [1.165, 1.54) is 28.9 Å². The fraction of sp³-hybridized carbons (Fsp3) is 0.304. The third-order valence-corrected chi connectivity index (χ3v) is 6.59.